The molecule has 1 saturated heterocycles. The second kappa shape index (κ2) is 6.21. The zero-order chi connectivity index (χ0) is 11.9. The molecule has 3 heteroatoms. The van der Waals surface area contributed by atoms with Crippen molar-refractivity contribution >= 4 is 5.78 Å². The van der Waals surface area contributed by atoms with Gasteiger partial charge in [0.15, 0.2) is 5.78 Å². The highest BCUT2D eigenvalue weighted by Gasteiger charge is 2.06. The summed E-state index contributed by atoms with van der Waals surface area (Å²) in [7, 11) is 0. The van der Waals surface area contributed by atoms with Crippen molar-refractivity contribution in [1.29, 1.82) is 0 Å². The zero-order valence-electron chi connectivity index (χ0n) is 9.84. The van der Waals surface area contributed by atoms with Crippen LogP contribution in [0, 0.1) is 0 Å². The van der Waals surface area contributed by atoms with Crippen LogP contribution in [0.2, 0.25) is 0 Å². The fourth-order valence-corrected chi connectivity index (χ4v) is 1.77. The highest BCUT2D eigenvalue weighted by molar-refractivity contribution is 5.91. The quantitative estimate of drug-likeness (QED) is 0.738. The zero-order valence-corrected chi connectivity index (χ0v) is 9.84. The molecule has 17 heavy (non-hydrogen) atoms. The first-order valence-electron chi connectivity index (χ1n) is 5.91. The Labute approximate surface area is 102 Å². The van der Waals surface area contributed by atoms with Gasteiger partial charge >= 0.3 is 0 Å². The van der Waals surface area contributed by atoms with E-state index in [1.54, 1.807) is 6.08 Å². The third-order valence-corrected chi connectivity index (χ3v) is 2.74. The third-order valence-electron chi connectivity index (χ3n) is 2.74. The number of benzene rings is 1. The van der Waals surface area contributed by atoms with Gasteiger partial charge in [-0.1, -0.05) is 30.3 Å². The number of hydrogen-bond donors (Lipinski definition) is 0. The lowest BCUT2D eigenvalue weighted by Gasteiger charge is -2.24. The molecule has 0 amide bonds. The van der Waals surface area contributed by atoms with Crippen LogP contribution in [-0.4, -0.2) is 37.0 Å². The standard InChI is InChI=1S/C14H17NO2/c16-14(12-13-4-2-1-3-5-13)6-7-15-8-10-17-11-9-15/h1-7H,8-12H2/b7-6+. The summed E-state index contributed by atoms with van der Waals surface area (Å²) in [5.74, 6) is 0.141. The Morgan fingerprint density at radius 3 is 2.65 bits per heavy atom. The lowest BCUT2D eigenvalue weighted by Crippen LogP contribution is -2.32. The molecule has 1 fully saturated rings. The highest BCUT2D eigenvalue weighted by atomic mass is 16.5. The van der Waals surface area contributed by atoms with Crippen LogP contribution >= 0.6 is 0 Å². The Morgan fingerprint density at radius 2 is 1.94 bits per heavy atom. The minimum absolute atomic E-state index is 0.141. The number of nitrogens with zero attached hydrogens (tertiary/aromatic N) is 1. The van der Waals surface area contributed by atoms with E-state index >= 15 is 0 Å². The highest BCUT2D eigenvalue weighted by Crippen LogP contribution is 2.02. The molecule has 0 bridgehead atoms. The Bertz CT molecular complexity index is 380. The van der Waals surface area contributed by atoms with Gasteiger partial charge in [-0.3, -0.25) is 4.79 Å². The molecule has 1 aromatic rings. The van der Waals surface area contributed by atoms with E-state index in [0.717, 1.165) is 31.9 Å². The van der Waals surface area contributed by atoms with Crippen LogP contribution in [-0.2, 0) is 16.0 Å². The largest absolute Gasteiger partial charge is 0.378 e. The Hall–Kier alpha value is -1.61. The van der Waals surface area contributed by atoms with Gasteiger partial charge in [0, 0.05) is 25.7 Å². The number of allylic oxidation sites excluding steroid dienone is 1. The van der Waals surface area contributed by atoms with E-state index in [9.17, 15) is 4.79 Å². The molecule has 90 valence electrons. The Balaban J connectivity index is 1.82. The lowest BCUT2D eigenvalue weighted by molar-refractivity contribution is -0.114. The number of carbonyl (C=O) groups excluding carboxylic acids is 1. The van der Waals surface area contributed by atoms with Gasteiger partial charge < -0.3 is 9.64 Å². The van der Waals surface area contributed by atoms with E-state index in [1.165, 1.54) is 0 Å². The summed E-state index contributed by atoms with van der Waals surface area (Å²) in [4.78, 5) is 13.8. The van der Waals surface area contributed by atoms with Gasteiger partial charge in [0.05, 0.1) is 13.2 Å². The molecular weight excluding hydrogens is 214 g/mol. The second-order valence-electron chi connectivity index (χ2n) is 4.09. The van der Waals surface area contributed by atoms with E-state index in [2.05, 4.69) is 4.90 Å². The van der Waals surface area contributed by atoms with Gasteiger partial charge in [0.25, 0.3) is 0 Å². The minimum atomic E-state index is 0.141. The van der Waals surface area contributed by atoms with Crippen LogP contribution in [0.3, 0.4) is 0 Å². The summed E-state index contributed by atoms with van der Waals surface area (Å²) >= 11 is 0. The first kappa shape index (κ1) is 11.9. The van der Waals surface area contributed by atoms with E-state index in [1.807, 2.05) is 36.5 Å². The van der Waals surface area contributed by atoms with E-state index in [-0.39, 0.29) is 5.78 Å². The molecular formula is C14H17NO2. The molecule has 1 aromatic carbocycles. The van der Waals surface area contributed by atoms with E-state index < -0.39 is 0 Å². The third kappa shape index (κ3) is 4.04. The Kier molecular flexibility index (Phi) is 4.33. The maximum Gasteiger partial charge on any atom is 0.161 e. The minimum Gasteiger partial charge on any atom is -0.378 e. The summed E-state index contributed by atoms with van der Waals surface area (Å²) in [5, 5.41) is 0. The fraction of sp³-hybridized carbons (Fsp3) is 0.357. The molecule has 0 radical (unpaired) electrons. The van der Waals surface area contributed by atoms with Gasteiger partial charge in [0.1, 0.15) is 0 Å². The summed E-state index contributed by atoms with van der Waals surface area (Å²) in [6, 6.07) is 9.81. The van der Waals surface area contributed by atoms with Gasteiger partial charge in [0.2, 0.25) is 0 Å². The number of hydrogen-bond acceptors (Lipinski definition) is 3. The van der Waals surface area contributed by atoms with Crippen molar-refractivity contribution in [2.24, 2.45) is 0 Å². The summed E-state index contributed by atoms with van der Waals surface area (Å²) in [6.07, 6.45) is 4.02. The van der Waals surface area contributed by atoms with Gasteiger partial charge in [-0.15, -0.1) is 0 Å². The summed E-state index contributed by atoms with van der Waals surface area (Å²) < 4.78 is 5.24. The van der Waals surface area contributed by atoms with Crippen molar-refractivity contribution in [1.82, 2.24) is 4.90 Å². The molecule has 0 N–H and O–H groups in total. The van der Waals surface area contributed by atoms with Crippen LogP contribution in [0.15, 0.2) is 42.6 Å². The van der Waals surface area contributed by atoms with Crippen molar-refractivity contribution in [2.45, 2.75) is 6.42 Å². The molecule has 0 saturated carbocycles. The van der Waals surface area contributed by atoms with Gasteiger partial charge in [-0.05, 0) is 11.6 Å². The van der Waals surface area contributed by atoms with Crippen LogP contribution in [0.4, 0.5) is 0 Å². The molecule has 0 atom stereocenters. The van der Waals surface area contributed by atoms with Gasteiger partial charge in [-0.25, -0.2) is 0 Å². The maximum absolute atomic E-state index is 11.7. The SMILES string of the molecule is O=C(/C=C/N1CCOCC1)Cc1ccccc1. The molecule has 0 unspecified atom stereocenters. The molecule has 1 aliphatic heterocycles. The lowest BCUT2D eigenvalue weighted by atomic mass is 10.1. The number of ether oxygens (including phenoxy) is 1. The van der Waals surface area contributed by atoms with Gasteiger partial charge in [-0.2, -0.15) is 0 Å². The van der Waals surface area contributed by atoms with E-state index in [0.29, 0.717) is 6.42 Å². The monoisotopic (exact) mass is 231 g/mol. The van der Waals surface area contributed by atoms with Crippen molar-refractivity contribution in [3.63, 3.8) is 0 Å². The summed E-state index contributed by atoms with van der Waals surface area (Å²) in [5.41, 5.74) is 1.06. The second-order valence-corrected chi connectivity index (χ2v) is 4.09. The first-order chi connectivity index (χ1) is 8.34. The number of rotatable bonds is 4. The molecule has 0 aliphatic carbocycles. The van der Waals surface area contributed by atoms with Crippen LogP contribution in [0.5, 0.6) is 0 Å². The van der Waals surface area contributed by atoms with Crippen LogP contribution in [0.1, 0.15) is 5.56 Å². The molecule has 0 aromatic heterocycles. The fourth-order valence-electron chi connectivity index (χ4n) is 1.77. The van der Waals surface area contributed by atoms with Crippen LogP contribution < -0.4 is 0 Å². The van der Waals surface area contributed by atoms with Crippen LogP contribution in [0.25, 0.3) is 0 Å². The molecule has 1 heterocycles. The Morgan fingerprint density at radius 1 is 1.24 bits per heavy atom. The van der Waals surface area contributed by atoms with Crippen molar-refractivity contribution in [3.05, 3.63) is 48.2 Å². The normalized spacial score (nSPS) is 16.4. The maximum atomic E-state index is 11.7. The number of morpholine rings is 1. The average Bonchev–Trinajstić information content (AvgIpc) is 2.39. The van der Waals surface area contributed by atoms with Crippen molar-refractivity contribution in [3.8, 4) is 0 Å². The van der Waals surface area contributed by atoms with Crippen molar-refractivity contribution < 1.29 is 9.53 Å². The number of ketones is 1. The number of carbonyl (C=O) groups is 1. The smallest absolute Gasteiger partial charge is 0.161 e. The average molecular weight is 231 g/mol. The molecule has 3 nitrogen and oxygen atoms in total. The molecule has 1 aliphatic rings. The first-order valence-corrected chi connectivity index (χ1v) is 5.91. The van der Waals surface area contributed by atoms with Crippen molar-refractivity contribution in [2.75, 3.05) is 26.3 Å². The van der Waals surface area contributed by atoms with E-state index in [4.69, 9.17) is 4.74 Å². The topological polar surface area (TPSA) is 29.5 Å². The predicted octanol–water partition coefficient (Wildman–Crippen LogP) is 1.64. The molecule has 0 spiro atoms. The predicted molar refractivity (Wildman–Crippen MR) is 66.7 cm³/mol. The molecule has 2 rings (SSSR count). The summed E-state index contributed by atoms with van der Waals surface area (Å²) in [6.45, 7) is 3.23.